The van der Waals surface area contributed by atoms with E-state index in [4.69, 9.17) is 21.1 Å². The predicted molar refractivity (Wildman–Crippen MR) is 132 cm³/mol. The lowest BCUT2D eigenvalue weighted by molar-refractivity contribution is -0.134. The average molecular weight is 463 g/mol. The third-order valence-corrected chi connectivity index (χ3v) is 6.24. The number of ether oxygens (including phenoxy) is 2. The third kappa shape index (κ3) is 4.83. The number of nitrogens with zero attached hydrogens (tertiary/aromatic N) is 1. The fourth-order valence-corrected chi connectivity index (χ4v) is 4.19. The second kappa shape index (κ2) is 10.0. The highest BCUT2D eigenvalue weighted by Gasteiger charge is 2.28. The monoisotopic (exact) mass is 462 g/mol. The Kier molecular flexibility index (Phi) is 6.90. The maximum absolute atomic E-state index is 13.4. The number of aromatic amines is 1. The van der Waals surface area contributed by atoms with Crippen LogP contribution in [0.2, 0.25) is 5.02 Å². The summed E-state index contributed by atoms with van der Waals surface area (Å²) in [4.78, 5) is 18.6. The van der Waals surface area contributed by atoms with Crippen molar-refractivity contribution in [1.29, 1.82) is 0 Å². The van der Waals surface area contributed by atoms with Gasteiger partial charge in [0.15, 0.2) is 6.61 Å². The number of methoxy groups -OCH3 is 1. The smallest absolute Gasteiger partial charge is 0.261 e. The first-order valence-electron chi connectivity index (χ1n) is 10.9. The standard InChI is InChI=1S/C27H27ClN2O3/c1-4-30(26(31)17-33-21-13-14-24(28)18(2)15-21)27(19-9-11-20(32-3)12-10-19)23-16-29-25-8-6-5-7-22(23)25/h5-16,27,29H,4,17H2,1-3H3/t27-/m1/s1. The van der Waals surface area contributed by atoms with E-state index in [-0.39, 0.29) is 18.6 Å². The van der Waals surface area contributed by atoms with E-state index in [0.717, 1.165) is 33.3 Å². The minimum atomic E-state index is -0.278. The van der Waals surface area contributed by atoms with E-state index >= 15 is 0 Å². The molecule has 1 heterocycles. The summed E-state index contributed by atoms with van der Waals surface area (Å²) in [6.45, 7) is 4.35. The number of amides is 1. The first-order chi connectivity index (χ1) is 16.0. The molecule has 4 aromatic rings. The summed E-state index contributed by atoms with van der Waals surface area (Å²) in [5, 5.41) is 1.75. The Hall–Kier alpha value is -3.44. The Morgan fingerprint density at radius 2 is 1.79 bits per heavy atom. The van der Waals surface area contributed by atoms with Gasteiger partial charge in [-0.3, -0.25) is 4.79 Å². The third-order valence-electron chi connectivity index (χ3n) is 5.81. The van der Waals surface area contributed by atoms with Gasteiger partial charge in [-0.25, -0.2) is 0 Å². The zero-order valence-electron chi connectivity index (χ0n) is 19.0. The molecule has 1 aromatic heterocycles. The number of para-hydroxylation sites is 1. The highest BCUT2D eigenvalue weighted by atomic mass is 35.5. The summed E-state index contributed by atoms with van der Waals surface area (Å²) < 4.78 is 11.2. The van der Waals surface area contributed by atoms with E-state index in [9.17, 15) is 4.79 Å². The van der Waals surface area contributed by atoms with E-state index in [0.29, 0.717) is 17.3 Å². The van der Waals surface area contributed by atoms with Crippen LogP contribution in [0.25, 0.3) is 10.9 Å². The van der Waals surface area contributed by atoms with E-state index in [2.05, 4.69) is 11.1 Å². The SMILES string of the molecule is CCN(C(=O)COc1ccc(Cl)c(C)c1)[C@H](c1ccc(OC)cc1)c1c[nH]c2ccccc12. The van der Waals surface area contributed by atoms with E-state index < -0.39 is 0 Å². The van der Waals surface area contributed by atoms with Gasteiger partial charge in [0.05, 0.1) is 13.2 Å². The van der Waals surface area contributed by atoms with E-state index in [1.165, 1.54) is 0 Å². The molecule has 0 unspecified atom stereocenters. The summed E-state index contributed by atoms with van der Waals surface area (Å²) in [5.41, 5.74) is 3.97. The number of fused-ring (bicyclic) bond motifs is 1. The average Bonchev–Trinajstić information content (AvgIpc) is 3.27. The minimum absolute atomic E-state index is 0.0656. The topological polar surface area (TPSA) is 54.6 Å². The summed E-state index contributed by atoms with van der Waals surface area (Å²) in [6.07, 6.45) is 1.99. The normalized spacial score (nSPS) is 11.9. The molecule has 0 aliphatic heterocycles. The Morgan fingerprint density at radius 1 is 1.06 bits per heavy atom. The molecule has 1 amide bonds. The molecule has 0 bridgehead atoms. The van der Waals surface area contributed by atoms with Crippen LogP contribution in [0.5, 0.6) is 11.5 Å². The first-order valence-corrected chi connectivity index (χ1v) is 11.3. The first kappa shape index (κ1) is 22.7. The number of halogens is 1. The molecule has 0 radical (unpaired) electrons. The van der Waals surface area contributed by atoms with Crippen LogP contribution in [0.4, 0.5) is 0 Å². The van der Waals surface area contributed by atoms with Crippen LogP contribution in [0, 0.1) is 6.92 Å². The second-order valence-corrected chi connectivity index (χ2v) is 8.25. The summed E-state index contributed by atoms with van der Waals surface area (Å²) in [5.74, 6) is 1.29. The van der Waals surface area contributed by atoms with Crippen LogP contribution in [-0.2, 0) is 4.79 Å². The van der Waals surface area contributed by atoms with Crippen molar-refractivity contribution in [2.24, 2.45) is 0 Å². The van der Waals surface area contributed by atoms with Crippen LogP contribution < -0.4 is 9.47 Å². The molecule has 170 valence electrons. The quantitative estimate of drug-likeness (QED) is 0.341. The molecule has 0 aliphatic rings. The van der Waals surface area contributed by atoms with Gasteiger partial charge in [0.1, 0.15) is 11.5 Å². The number of rotatable bonds is 8. The van der Waals surface area contributed by atoms with Crippen molar-refractivity contribution in [2.75, 3.05) is 20.3 Å². The van der Waals surface area contributed by atoms with Gasteiger partial charge in [-0.1, -0.05) is 41.9 Å². The fourth-order valence-electron chi connectivity index (χ4n) is 4.07. The van der Waals surface area contributed by atoms with Crippen molar-refractivity contribution in [3.8, 4) is 11.5 Å². The maximum Gasteiger partial charge on any atom is 0.261 e. The van der Waals surface area contributed by atoms with E-state index in [1.807, 2.05) is 73.5 Å². The Morgan fingerprint density at radius 3 is 2.48 bits per heavy atom. The van der Waals surface area contributed by atoms with Gasteiger partial charge in [-0.15, -0.1) is 0 Å². The number of carbonyl (C=O) groups is 1. The lowest BCUT2D eigenvalue weighted by atomic mass is 9.96. The number of aryl methyl sites for hydroxylation is 1. The number of aromatic nitrogens is 1. The predicted octanol–water partition coefficient (Wildman–Crippen LogP) is 6.16. The number of carbonyl (C=O) groups excluding carboxylic acids is 1. The molecular weight excluding hydrogens is 436 g/mol. The summed E-state index contributed by atoms with van der Waals surface area (Å²) in [7, 11) is 1.64. The number of hydrogen-bond acceptors (Lipinski definition) is 3. The highest BCUT2D eigenvalue weighted by Crippen LogP contribution is 2.34. The van der Waals surface area contributed by atoms with Gasteiger partial charge in [0.25, 0.3) is 5.91 Å². The molecule has 0 saturated heterocycles. The molecule has 0 fully saturated rings. The lowest BCUT2D eigenvalue weighted by Crippen LogP contribution is -2.38. The zero-order chi connectivity index (χ0) is 23.4. The molecule has 3 aromatic carbocycles. The number of nitrogens with one attached hydrogen (secondary N) is 1. The van der Waals surface area contributed by atoms with Crippen molar-refractivity contribution in [3.63, 3.8) is 0 Å². The van der Waals surface area contributed by atoms with Crippen molar-refractivity contribution >= 4 is 28.4 Å². The van der Waals surface area contributed by atoms with Gasteiger partial charge < -0.3 is 19.4 Å². The van der Waals surface area contributed by atoms with Gasteiger partial charge in [0, 0.05) is 34.2 Å². The molecule has 33 heavy (non-hydrogen) atoms. The molecule has 1 atom stereocenters. The molecule has 0 aliphatic carbocycles. The van der Waals surface area contributed by atoms with Crippen molar-refractivity contribution in [1.82, 2.24) is 9.88 Å². The molecule has 0 saturated carbocycles. The van der Waals surface area contributed by atoms with Crippen LogP contribution in [0.1, 0.15) is 29.7 Å². The number of likely N-dealkylation sites (N-methyl/N-ethyl adjacent to an activating group) is 1. The largest absolute Gasteiger partial charge is 0.497 e. The van der Waals surface area contributed by atoms with Crippen LogP contribution >= 0.6 is 11.6 Å². The Balaban J connectivity index is 1.67. The van der Waals surface area contributed by atoms with Gasteiger partial charge in [0.2, 0.25) is 0 Å². The van der Waals surface area contributed by atoms with Crippen LogP contribution in [0.15, 0.2) is 72.9 Å². The number of hydrogen-bond donors (Lipinski definition) is 1. The van der Waals surface area contributed by atoms with Gasteiger partial charge in [-0.05, 0) is 61.4 Å². The zero-order valence-corrected chi connectivity index (χ0v) is 19.7. The fraction of sp³-hybridized carbons (Fsp3) is 0.222. The number of benzene rings is 3. The Labute approximate surface area is 198 Å². The molecule has 0 spiro atoms. The highest BCUT2D eigenvalue weighted by molar-refractivity contribution is 6.31. The molecule has 5 nitrogen and oxygen atoms in total. The number of H-pyrrole nitrogens is 1. The van der Waals surface area contributed by atoms with Crippen LogP contribution in [-0.4, -0.2) is 36.1 Å². The van der Waals surface area contributed by atoms with Gasteiger partial charge in [-0.2, -0.15) is 0 Å². The Bertz CT molecular complexity index is 1250. The van der Waals surface area contributed by atoms with Crippen molar-refractivity contribution < 1.29 is 14.3 Å². The van der Waals surface area contributed by atoms with Gasteiger partial charge >= 0.3 is 0 Å². The molecular formula is C27H27ClN2O3. The van der Waals surface area contributed by atoms with Crippen LogP contribution in [0.3, 0.4) is 0 Å². The lowest BCUT2D eigenvalue weighted by Gasteiger charge is -2.31. The minimum Gasteiger partial charge on any atom is -0.497 e. The summed E-state index contributed by atoms with van der Waals surface area (Å²) in [6, 6.07) is 21.1. The molecule has 4 rings (SSSR count). The van der Waals surface area contributed by atoms with Crippen molar-refractivity contribution in [2.45, 2.75) is 19.9 Å². The van der Waals surface area contributed by atoms with E-state index in [1.54, 1.807) is 19.2 Å². The summed E-state index contributed by atoms with van der Waals surface area (Å²) >= 11 is 6.11. The van der Waals surface area contributed by atoms with Crippen molar-refractivity contribution in [3.05, 3.63) is 94.6 Å². The molecule has 6 heteroatoms. The maximum atomic E-state index is 13.4. The molecule has 1 N–H and O–H groups in total. The second-order valence-electron chi connectivity index (χ2n) is 7.84.